The largest absolute Gasteiger partial charge is 0.497 e. The molecular formula is C21H28IN3O3. The SMILES string of the molecule is CN=C(NCc1cccc(OC)c1)NCc1cc2c(cc1OC)CC(C)O2.I. The molecule has 0 aliphatic carbocycles. The number of nitrogens with zero attached hydrogens (tertiary/aromatic N) is 1. The van der Waals surface area contributed by atoms with Crippen molar-refractivity contribution in [2.75, 3.05) is 21.3 Å². The number of hydrogen-bond acceptors (Lipinski definition) is 4. The van der Waals surface area contributed by atoms with E-state index in [9.17, 15) is 0 Å². The van der Waals surface area contributed by atoms with Crippen LogP contribution in [0.15, 0.2) is 41.4 Å². The lowest BCUT2D eigenvalue weighted by Gasteiger charge is -2.15. The molecule has 1 aliphatic rings. The van der Waals surface area contributed by atoms with Crippen LogP contribution in [0.4, 0.5) is 0 Å². The van der Waals surface area contributed by atoms with Crippen LogP contribution in [0.3, 0.4) is 0 Å². The number of halogens is 1. The van der Waals surface area contributed by atoms with E-state index in [1.54, 1.807) is 21.3 Å². The summed E-state index contributed by atoms with van der Waals surface area (Å²) in [6.07, 6.45) is 1.13. The second kappa shape index (κ2) is 10.4. The number of guanidine groups is 1. The van der Waals surface area contributed by atoms with Gasteiger partial charge in [0, 0.05) is 37.7 Å². The highest BCUT2D eigenvalue weighted by Gasteiger charge is 2.21. The Morgan fingerprint density at radius 2 is 1.93 bits per heavy atom. The maximum atomic E-state index is 5.87. The second-order valence-corrected chi connectivity index (χ2v) is 6.54. The average Bonchev–Trinajstić information content (AvgIpc) is 3.06. The van der Waals surface area contributed by atoms with Crippen molar-refractivity contribution in [3.05, 3.63) is 53.1 Å². The smallest absolute Gasteiger partial charge is 0.191 e. The summed E-state index contributed by atoms with van der Waals surface area (Å²) in [6.45, 7) is 3.32. The van der Waals surface area contributed by atoms with Gasteiger partial charge in [-0.2, -0.15) is 0 Å². The molecule has 0 aromatic heterocycles. The molecule has 0 fully saturated rings. The third-order valence-corrected chi connectivity index (χ3v) is 4.56. The highest BCUT2D eigenvalue weighted by atomic mass is 127. The predicted octanol–water partition coefficient (Wildman–Crippen LogP) is 3.51. The Balaban J connectivity index is 0.00000280. The Labute approximate surface area is 183 Å². The van der Waals surface area contributed by atoms with Gasteiger partial charge in [0.2, 0.25) is 0 Å². The van der Waals surface area contributed by atoms with E-state index in [1.165, 1.54) is 5.56 Å². The fraction of sp³-hybridized carbons (Fsp3) is 0.381. The summed E-state index contributed by atoms with van der Waals surface area (Å²) in [4.78, 5) is 4.29. The molecule has 28 heavy (non-hydrogen) atoms. The van der Waals surface area contributed by atoms with E-state index in [1.807, 2.05) is 24.3 Å². The number of nitrogens with one attached hydrogen (secondary N) is 2. The van der Waals surface area contributed by atoms with Gasteiger partial charge in [0.25, 0.3) is 0 Å². The summed E-state index contributed by atoms with van der Waals surface area (Å²) < 4.78 is 16.7. The number of rotatable bonds is 6. The lowest BCUT2D eigenvalue weighted by molar-refractivity contribution is 0.254. The van der Waals surface area contributed by atoms with Crippen LogP contribution in [-0.4, -0.2) is 33.3 Å². The standard InChI is InChI=1S/C21H27N3O3.HI/c1-14-8-16-10-19(26-4)17(11-20(16)27-14)13-24-21(22-2)23-12-15-6-5-7-18(9-15)25-3;/h5-7,9-11,14H,8,12-13H2,1-4H3,(H2,22,23,24);1H. The number of ether oxygens (including phenoxy) is 3. The fourth-order valence-corrected chi connectivity index (χ4v) is 3.18. The van der Waals surface area contributed by atoms with Gasteiger partial charge in [-0.15, -0.1) is 24.0 Å². The van der Waals surface area contributed by atoms with Gasteiger partial charge in [-0.3, -0.25) is 4.99 Å². The summed E-state index contributed by atoms with van der Waals surface area (Å²) in [6, 6.07) is 12.1. The molecule has 3 rings (SSSR count). The van der Waals surface area contributed by atoms with Gasteiger partial charge in [0.15, 0.2) is 5.96 Å². The topological polar surface area (TPSA) is 64.1 Å². The molecule has 0 saturated heterocycles. The van der Waals surface area contributed by atoms with Crippen molar-refractivity contribution < 1.29 is 14.2 Å². The highest BCUT2D eigenvalue weighted by Crippen LogP contribution is 2.34. The first kappa shape index (κ1) is 22.1. The lowest BCUT2D eigenvalue weighted by atomic mass is 10.1. The Morgan fingerprint density at radius 1 is 1.14 bits per heavy atom. The van der Waals surface area contributed by atoms with Crippen LogP contribution in [0.2, 0.25) is 0 Å². The molecule has 1 atom stereocenters. The van der Waals surface area contributed by atoms with Crippen LogP contribution in [0.25, 0.3) is 0 Å². The van der Waals surface area contributed by atoms with Gasteiger partial charge in [0.05, 0.1) is 14.2 Å². The third-order valence-electron chi connectivity index (χ3n) is 4.56. The molecule has 2 aromatic carbocycles. The maximum absolute atomic E-state index is 5.87. The van der Waals surface area contributed by atoms with Crippen LogP contribution in [-0.2, 0) is 19.5 Å². The molecule has 6 nitrogen and oxygen atoms in total. The second-order valence-electron chi connectivity index (χ2n) is 6.54. The summed E-state index contributed by atoms with van der Waals surface area (Å²) in [7, 11) is 5.12. The summed E-state index contributed by atoms with van der Waals surface area (Å²) >= 11 is 0. The first-order valence-corrected chi connectivity index (χ1v) is 9.06. The van der Waals surface area contributed by atoms with Gasteiger partial charge in [0.1, 0.15) is 23.4 Å². The minimum Gasteiger partial charge on any atom is -0.497 e. The molecule has 0 spiro atoms. The van der Waals surface area contributed by atoms with Crippen molar-refractivity contribution in [2.24, 2.45) is 4.99 Å². The Bertz CT molecular complexity index is 827. The van der Waals surface area contributed by atoms with Crippen molar-refractivity contribution in [3.8, 4) is 17.2 Å². The molecule has 1 unspecified atom stereocenters. The van der Waals surface area contributed by atoms with Gasteiger partial charge >= 0.3 is 0 Å². The van der Waals surface area contributed by atoms with E-state index in [-0.39, 0.29) is 30.1 Å². The first-order valence-electron chi connectivity index (χ1n) is 9.06. The number of aliphatic imine (C=N–C) groups is 1. The summed E-state index contributed by atoms with van der Waals surface area (Å²) in [5.41, 5.74) is 3.35. The monoisotopic (exact) mass is 497 g/mol. The van der Waals surface area contributed by atoms with Gasteiger partial charge in [-0.1, -0.05) is 12.1 Å². The van der Waals surface area contributed by atoms with E-state index in [0.717, 1.165) is 40.8 Å². The molecule has 1 aliphatic heterocycles. The molecule has 0 saturated carbocycles. The number of benzene rings is 2. The van der Waals surface area contributed by atoms with E-state index in [2.05, 4.69) is 34.7 Å². The Hall–Kier alpha value is -2.16. The maximum Gasteiger partial charge on any atom is 0.191 e. The minimum absolute atomic E-state index is 0. The van der Waals surface area contributed by atoms with E-state index in [4.69, 9.17) is 14.2 Å². The van der Waals surface area contributed by atoms with Crippen molar-refractivity contribution in [2.45, 2.75) is 32.5 Å². The molecule has 1 heterocycles. The van der Waals surface area contributed by atoms with E-state index in [0.29, 0.717) is 13.1 Å². The fourth-order valence-electron chi connectivity index (χ4n) is 3.18. The Morgan fingerprint density at radius 3 is 2.64 bits per heavy atom. The Kier molecular flexibility index (Phi) is 8.22. The van der Waals surface area contributed by atoms with E-state index < -0.39 is 0 Å². The van der Waals surface area contributed by atoms with Gasteiger partial charge in [-0.05, 0) is 36.8 Å². The zero-order valence-electron chi connectivity index (χ0n) is 16.7. The van der Waals surface area contributed by atoms with Crippen molar-refractivity contribution in [1.29, 1.82) is 0 Å². The number of methoxy groups -OCH3 is 2. The molecule has 2 N–H and O–H groups in total. The molecule has 0 radical (unpaired) electrons. The summed E-state index contributed by atoms with van der Waals surface area (Å²) in [5.74, 6) is 3.37. The van der Waals surface area contributed by atoms with Gasteiger partial charge < -0.3 is 24.8 Å². The predicted molar refractivity (Wildman–Crippen MR) is 122 cm³/mol. The van der Waals surface area contributed by atoms with Crippen molar-refractivity contribution >= 4 is 29.9 Å². The molecule has 0 bridgehead atoms. The highest BCUT2D eigenvalue weighted by molar-refractivity contribution is 14.0. The molecule has 0 amide bonds. The first-order chi connectivity index (χ1) is 13.1. The molecular weight excluding hydrogens is 469 g/mol. The van der Waals surface area contributed by atoms with Crippen molar-refractivity contribution in [1.82, 2.24) is 10.6 Å². The molecule has 2 aromatic rings. The van der Waals surface area contributed by atoms with Crippen LogP contribution >= 0.6 is 24.0 Å². The summed E-state index contributed by atoms with van der Waals surface area (Å²) in [5, 5.41) is 6.65. The quantitative estimate of drug-likeness (QED) is 0.364. The normalized spacial score (nSPS) is 15.1. The zero-order valence-corrected chi connectivity index (χ0v) is 19.1. The van der Waals surface area contributed by atoms with Crippen LogP contribution in [0, 0.1) is 0 Å². The van der Waals surface area contributed by atoms with Crippen LogP contribution in [0.5, 0.6) is 17.2 Å². The average molecular weight is 497 g/mol. The minimum atomic E-state index is 0. The zero-order chi connectivity index (χ0) is 19.2. The number of fused-ring (bicyclic) bond motifs is 1. The van der Waals surface area contributed by atoms with Gasteiger partial charge in [-0.25, -0.2) is 0 Å². The lowest BCUT2D eigenvalue weighted by Crippen LogP contribution is -2.36. The van der Waals surface area contributed by atoms with E-state index >= 15 is 0 Å². The van der Waals surface area contributed by atoms with Crippen LogP contribution < -0.4 is 24.8 Å². The molecule has 7 heteroatoms. The van der Waals surface area contributed by atoms with Crippen LogP contribution in [0.1, 0.15) is 23.6 Å². The third kappa shape index (κ3) is 5.43. The molecule has 152 valence electrons. The number of hydrogen-bond donors (Lipinski definition) is 2. The van der Waals surface area contributed by atoms with Crippen molar-refractivity contribution in [3.63, 3.8) is 0 Å².